The van der Waals surface area contributed by atoms with Crippen LogP contribution in [-0.4, -0.2) is 35.1 Å². The van der Waals surface area contributed by atoms with E-state index in [0.717, 1.165) is 0 Å². The molecule has 0 radical (unpaired) electrons. The van der Waals surface area contributed by atoms with E-state index in [0.29, 0.717) is 33.1 Å². The number of carbonyl (C=O) groups excluding carboxylic acids is 3. The predicted molar refractivity (Wildman–Crippen MR) is 132 cm³/mol. The molecule has 174 valence electrons. The van der Waals surface area contributed by atoms with Crippen LogP contribution in [0.1, 0.15) is 28.4 Å². The molecule has 1 aromatic heterocycles. The van der Waals surface area contributed by atoms with Crippen LogP contribution in [0.3, 0.4) is 0 Å². The first-order valence-electron chi connectivity index (χ1n) is 10.3. The number of aromatic nitrogens is 1. The van der Waals surface area contributed by atoms with Crippen LogP contribution in [0.15, 0.2) is 72.0 Å². The molecule has 3 amide bonds. The minimum absolute atomic E-state index is 0.0462. The highest BCUT2D eigenvalue weighted by atomic mass is 35.5. The first-order chi connectivity index (χ1) is 16.3. The van der Waals surface area contributed by atoms with Gasteiger partial charge in [-0.05, 0) is 42.0 Å². The van der Waals surface area contributed by atoms with Gasteiger partial charge in [-0.1, -0.05) is 29.8 Å². The van der Waals surface area contributed by atoms with Crippen LogP contribution in [0.2, 0.25) is 5.02 Å². The SMILES string of the molecule is CC(=O)N=C(N)c1ccc(CNC(=O)c2cccc(Cl)c2)c(NCC(=O)Nc2cccnc2)c1. The highest BCUT2D eigenvalue weighted by Crippen LogP contribution is 2.19. The lowest BCUT2D eigenvalue weighted by Gasteiger charge is -2.15. The number of amides is 3. The van der Waals surface area contributed by atoms with Crippen molar-refractivity contribution in [3.05, 3.63) is 88.7 Å². The number of aliphatic imine (C=N–C) groups is 1. The molecule has 0 aliphatic heterocycles. The Kier molecular flexibility index (Phi) is 8.31. The molecule has 0 saturated carbocycles. The lowest BCUT2D eigenvalue weighted by atomic mass is 10.1. The zero-order valence-corrected chi connectivity index (χ0v) is 19.1. The molecule has 5 N–H and O–H groups in total. The molecule has 9 nitrogen and oxygen atoms in total. The largest absolute Gasteiger partial charge is 0.383 e. The van der Waals surface area contributed by atoms with Crippen molar-refractivity contribution >= 4 is 46.5 Å². The zero-order valence-electron chi connectivity index (χ0n) is 18.3. The Morgan fingerprint density at radius 3 is 2.59 bits per heavy atom. The third-order valence-electron chi connectivity index (χ3n) is 4.59. The summed E-state index contributed by atoms with van der Waals surface area (Å²) in [5.41, 5.74) is 8.65. The molecule has 34 heavy (non-hydrogen) atoms. The fourth-order valence-electron chi connectivity index (χ4n) is 3.01. The van der Waals surface area contributed by atoms with E-state index in [9.17, 15) is 14.4 Å². The molecule has 0 aliphatic rings. The Bertz CT molecular complexity index is 1230. The summed E-state index contributed by atoms with van der Waals surface area (Å²) in [6.07, 6.45) is 3.14. The van der Waals surface area contributed by atoms with Gasteiger partial charge < -0.3 is 21.7 Å². The van der Waals surface area contributed by atoms with Crippen molar-refractivity contribution in [2.24, 2.45) is 10.7 Å². The minimum Gasteiger partial charge on any atom is -0.383 e. The summed E-state index contributed by atoms with van der Waals surface area (Å²) in [7, 11) is 0. The van der Waals surface area contributed by atoms with Gasteiger partial charge in [-0.3, -0.25) is 19.4 Å². The number of nitrogens with one attached hydrogen (secondary N) is 3. The lowest BCUT2D eigenvalue weighted by molar-refractivity contribution is -0.116. The maximum absolute atomic E-state index is 12.5. The second-order valence-electron chi connectivity index (χ2n) is 7.22. The van der Waals surface area contributed by atoms with E-state index in [-0.39, 0.29) is 30.7 Å². The molecular weight excluding hydrogens is 456 g/mol. The molecular formula is C24H23ClN6O3. The number of hydrogen-bond acceptors (Lipinski definition) is 5. The third-order valence-corrected chi connectivity index (χ3v) is 4.83. The molecule has 0 saturated heterocycles. The van der Waals surface area contributed by atoms with Crippen molar-refractivity contribution in [3.63, 3.8) is 0 Å². The van der Waals surface area contributed by atoms with Gasteiger partial charge in [0.05, 0.1) is 18.4 Å². The first kappa shape index (κ1) is 24.4. The van der Waals surface area contributed by atoms with Gasteiger partial charge in [0, 0.05) is 41.5 Å². The topological polar surface area (TPSA) is 139 Å². The molecule has 3 aromatic rings. The first-order valence-corrected chi connectivity index (χ1v) is 10.6. The van der Waals surface area contributed by atoms with E-state index in [1.807, 2.05) is 0 Å². The van der Waals surface area contributed by atoms with Crippen molar-refractivity contribution in [2.75, 3.05) is 17.2 Å². The molecule has 0 aliphatic carbocycles. The average molecular weight is 479 g/mol. The van der Waals surface area contributed by atoms with Gasteiger partial charge in [-0.2, -0.15) is 4.99 Å². The highest BCUT2D eigenvalue weighted by molar-refractivity contribution is 6.31. The number of hydrogen-bond donors (Lipinski definition) is 4. The average Bonchev–Trinajstić information content (AvgIpc) is 2.81. The maximum atomic E-state index is 12.5. The number of anilines is 2. The number of pyridine rings is 1. The van der Waals surface area contributed by atoms with Gasteiger partial charge in [-0.25, -0.2) is 0 Å². The number of nitrogens with zero attached hydrogens (tertiary/aromatic N) is 2. The van der Waals surface area contributed by atoms with Crippen LogP contribution in [0.4, 0.5) is 11.4 Å². The summed E-state index contributed by atoms with van der Waals surface area (Å²) >= 11 is 5.96. The lowest BCUT2D eigenvalue weighted by Crippen LogP contribution is -2.25. The summed E-state index contributed by atoms with van der Waals surface area (Å²) in [4.78, 5) is 43.9. The van der Waals surface area contributed by atoms with Crippen LogP contribution in [0.25, 0.3) is 0 Å². The minimum atomic E-state index is -0.430. The maximum Gasteiger partial charge on any atom is 0.251 e. The van der Waals surface area contributed by atoms with Gasteiger partial charge in [0.15, 0.2) is 0 Å². The molecule has 0 spiro atoms. The highest BCUT2D eigenvalue weighted by Gasteiger charge is 2.12. The molecule has 1 heterocycles. The molecule has 0 unspecified atom stereocenters. The predicted octanol–water partition coefficient (Wildman–Crippen LogP) is 2.97. The number of amidine groups is 1. The standard InChI is InChI=1S/C24H23ClN6O3/c1-15(32)30-23(26)16-7-8-18(12-29-24(34)17-4-2-5-19(25)10-17)21(11-16)28-14-22(33)31-20-6-3-9-27-13-20/h2-11,13,28H,12,14H2,1H3,(H,29,34)(H,31,33)(H2,26,30,32). The van der Waals surface area contributed by atoms with Crippen molar-refractivity contribution in [1.29, 1.82) is 0 Å². The normalized spacial score (nSPS) is 10.9. The number of carbonyl (C=O) groups is 3. The Morgan fingerprint density at radius 2 is 1.88 bits per heavy atom. The number of benzene rings is 2. The summed E-state index contributed by atoms with van der Waals surface area (Å²) in [6.45, 7) is 1.41. The fourth-order valence-corrected chi connectivity index (χ4v) is 3.20. The van der Waals surface area contributed by atoms with Crippen LogP contribution in [0, 0.1) is 0 Å². The van der Waals surface area contributed by atoms with Crippen molar-refractivity contribution in [2.45, 2.75) is 13.5 Å². The smallest absolute Gasteiger partial charge is 0.251 e. The Labute approximate surface area is 201 Å². The number of halogens is 1. The fraction of sp³-hybridized carbons (Fsp3) is 0.125. The number of nitrogens with two attached hydrogens (primary N) is 1. The van der Waals surface area contributed by atoms with Gasteiger partial charge in [0.25, 0.3) is 5.91 Å². The molecule has 2 aromatic carbocycles. The van der Waals surface area contributed by atoms with Crippen LogP contribution in [-0.2, 0) is 16.1 Å². The molecule has 10 heteroatoms. The summed E-state index contributed by atoms with van der Waals surface area (Å²) in [5, 5.41) is 9.07. The monoisotopic (exact) mass is 478 g/mol. The van der Waals surface area contributed by atoms with E-state index < -0.39 is 5.91 Å². The second kappa shape index (κ2) is 11.6. The van der Waals surface area contributed by atoms with E-state index >= 15 is 0 Å². The molecule has 0 bridgehead atoms. The van der Waals surface area contributed by atoms with E-state index in [1.165, 1.54) is 13.1 Å². The van der Waals surface area contributed by atoms with Crippen molar-refractivity contribution in [1.82, 2.24) is 10.3 Å². The number of rotatable bonds is 8. The van der Waals surface area contributed by atoms with E-state index in [4.69, 9.17) is 17.3 Å². The summed E-state index contributed by atoms with van der Waals surface area (Å²) < 4.78 is 0. The van der Waals surface area contributed by atoms with Crippen LogP contribution >= 0.6 is 11.6 Å². The third kappa shape index (κ3) is 7.14. The van der Waals surface area contributed by atoms with E-state index in [1.54, 1.807) is 60.8 Å². The van der Waals surface area contributed by atoms with Crippen molar-refractivity contribution in [3.8, 4) is 0 Å². The van der Waals surface area contributed by atoms with Crippen molar-refractivity contribution < 1.29 is 14.4 Å². The Hall–Kier alpha value is -4.24. The second-order valence-corrected chi connectivity index (χ2v) is 7.66. The zero-order chi connectivity index (χ0) is 24.5. The van der Waals surface area contributed by atoms with Gasteiger partial charge >= 0.3 is 0 Å². The Morgan fingerprint density at radius 1 is 1.06 bits per heavy atom. The quantitative estimate of drug-likeness (QED) is 0.290. The van der Waals surface area contributed by atoms with Gasteiger partial charge in [0.2, 0.25) is 11.8 Å². The Balaban J connectivity index is 1.76. The van der Waals surface area contributed by atoms with Gasteiger partial charge in [0.1, 0.15) is 5.84 Å². The van der Waals surface area contributed by atoms with Crippen LogP contribution in [0.5, 0.6) is 0 Å². The summed E-state index contributed by atoms with van der Waals surface area (Å²) in [5.74, 6) is -0.979. The van der Waals surface area contributed by atoms with E-state index in [2.05, 4.69) is 25.9 Å². The molecule has 0 fully saturated rings. The van der Waals surface area contributed by atoms with Crippen LogP contribution < -0.4 is 21.7 Å². The molecule has 3 rings (SSSR count). The van der Waals surface area contributed by atoms with Gasteiger partial charge in [-0.15, -0.1) is 0 Å². The molecule has 0 atom stereocenters. The summed E-state index contributed by atoms with van der Waals surface area (Å²) in [6, 6.07) is 15.1.